The Labute approximate surface area is 259 Å². The Hall–Kier alpha value is -4.63. The molecule has 1 aliphatic carbocycles. The van der Waals surface area contributed by atoms with Crippen LogP contribution in [0, 0.1) is 18.8 Å². The molecule has 1 saturated heterocycles. The molecule has 1 aromatic carbocycles. The predicted octanol–water partition coefficient (Wildman–Crippen LogP) is 5.97. The number of alkyl halides is 3. The summed E-state index contributed by atoms with van der Waals surface area (Å²) in [6, 6.07) is 11.0. The number of rotatable bonds is 5. The lowest BCUT2D eigenvalue weighted by molar-refractivity contribution is -0.141. The van der Waals surface area contributed by atoms with Crippen molar-refractivity contribution in [3.8, 4) is 23.0 Å². The van der Waals surface area contributed by atoms with Crippen LogP contribution in [-0.4, -0.2) is 59.4 Å². The summed E-state index contributed by atoms with van der Waals surface area (Å²) in [4.78, 5) is 35.5. The first-order chi connectivity index (χ1) is 21.2. The van der Waals surface area contributed by atoms with E-state index < -0.39 is 35.0 Å². The largest absolute Gasteiger partial charge is 0.444 e. The number of hydrogen-bond donors (Lipinski definition) is 2. The molecule has 0 spiro atoms. The topological polar surface area (TPSA) is 106 Å². The standard InChI is InChI=1S/C33H34F3N5O4/c1-21-5-6-24(39-29(42)22-8-12-37-27(18-22)33(34,35)36)20-26(21)23-17-25(38-28(19-23)41-13-15-44-16-14-41)7-9-32(10-11-32)40-30(43)45-31(2,3)4/h5-6,8,12,17-20H,10-11,13-16H2,1-4H3,(H,39,42)(H,40,43). The number of carbonyl (C=O) groups is 2. The summed E-state index contributed by atoms with van der Waals surface area (Å²) in [5.74, 6) is 6.35. The lowest BCUT2D eigenvalue weighted by Crippen LogP contribution is -2.40. The minimum Gasteiger partial charge on any atom is -0.444 e. The highest BCUT2D eigenvalue weighted by Gasteiger charge is 2.43. The zero-order valence-corrected chi connectivity index (χ0v) is 25.5. The van der Waals surface area contributed by atoms with Crippen LogP contribution < -0.4 is 15.5 Å². The second-order valence-electron chi connectivity index (χ2n) is 12.1. The molecule has 3 heterocycles. The molecule has 9 nitrogen and oxygen atoms in total. The van der Waals surface area contributed by atoms with Gasteiger partial charge in [-0.2, -0.15) is 13.2 Å². The highest BCUT2D eigenvalue weighted by Crippen LogP contribution is 2.36. The van der Waals surface area contributed by atoms with Crippen LogP contribution in [0.2, 0.25) is 0 Å². The molecule has 12 heteroatoms. The van der Waals surface area contributed by atoms with Crippen molar-refractivity contribution in [1.82, 2.24) is 15.3 Å². The number of carbonyl (C=O) groups excluding carboxylic acids is 2. The molecular weight excluding hydrogens is 587 g/mol. The number of aryl methyl sites for hydroxylation is 1. The second-order valence-corrected chi connectivity index (χ2v) is 12.1. The number of amides is 2. The Morgan fingerprint density at radius 1 is 1.04 bits per heavy atom. The van der Waals surface area contributed by atoms with E-state index in [9.17, 15) is 22.8 Å². The van der Waals surface area contributed by atoms with E-state index in [4.69, 9.17) is 14.5 Å². The number of aromatic nitrogens is 2. The van der Waals surface area contributed by atoms with Gasteiger partial charge in [-0.3, -0.25) is 9.78 Å². The van der Waals surface area contributed by atoms with E-state index in [1.807, 2.05) is 25.1 Å². The SMILES string of the molecule is Cc1ccc(NC(=O)c2ccnc(C(F)(F)F)c2)cc1-c1cc(C#CC2(NC(=O)OC(C)(C)C)CC2)nc(N2CCOCC2)c1. The molecule has 236 valence electrons. The predicted molar refractivity (Wildman–Crippen MR) is 163 cm³/mol. The Morgan fingerprint density at radius 2 is 1.78 bits per heavy atom. The van der Waals surface area contributed by atoms with Crippen LogP contribution in [0.5, 0.6) is 0 Å². The number of halogens is 3. The zero-order valence-electron chi connectivity index (χ0n) is 25.5. The molecule has 5 rings (SSSR count). The van der Waals surface area contributed by atoms with E-state index in [-0.39, 0.29) is 5.56 Å². The summed E-state index contributed by atoms with van der Waals surface area (Å²) in [6.07, 6.45) is -2.85. The monoisotopic (exact) mass is 621 g/mol. The van der Waals surface area contributed by atoms with Crippen LogP contribution >= 0.6 is 0 Å². The maximum absolute atomic E-state index is 13.1. The smallest absolute Gasteiger partial charge is 0.433 e. The molecule has 2 N–H and O–H groups in total. The number of nitrogens with one attached hydrogen (secondary N) is 2. The third kappa shape index (κ3) is 8.30. The first-order valence-corrected chi connectivity index (χ1v) is 14.5. The summed E-state index contributed by atoms with van der Waals surface area (Å²) in [6.45, 7) is 9.72. The molecule has 1 saturated carbocycles. The number of alkyl carbamates (subject to hydrolysis) is 1. The maximum atomic E-state index is 13.1. The Kier molecular flexibility index (Phi) is 8.76. The van der Waals surface area contributed by atoms with E-state index in [0.29, 0.717) is 56.3 Å². The van der Waals surface area contributed by atoms with Gasteiger partial charge in [-0.25, -0.2) is 9.78 Å². The molecular formula is C33H34F3N5O4. The molecule has 2 amide bonds. The summed E-state index contributed by atoms with van der Waals surface area (Å²) < 4.78 is 50.3. The van der Waals surface area contributed by atoms with Crippen molar-refractivity contribution in [2.45, 2.75) is 57.9 Å². The molecule has 45 heavy (non-hydrogen) atoms. The van der Waals surface area contributed by atoms with Gasteiger partial charge < -0.3 is 25.0 Å². The fourth-order valence-electron chi connectivity index (χ4n) is 4.72. The average molecular weight is 622 g/mol. The first-order valence-electron chi connectivity index (χ1n) is 14.5. The molecule has 2 aliphatic rings. The van der Waals surface area contributed by atoms with Crippen LogP contribution in [0.3, 0.4) is 0 Å². The van der Waals surface area contributed by atoms with Gasteiger partial charge in [-0.1, -0.05) is 12.0 Å². The lowest BCUT2D eigenvalue weighted by atomic mass is 9.99. The normalized spacial score (nSPS) is 15.8. The van der Waals surface area contributed by atoms with Gasteiger partial charge in [0.05, 0.1) is 13.2 Å². The van der Waals surface area contributed by atoms with Crippen molar-refractivity contribution in [3.63, 3.8) is 0 Å². The fourth-order valence-corrected chi connectivity index (χ4v) is 4.72. The first kappa shape index (κ1) is 31.8. The number of benzene rings is 1. The lowest BCUT2D eigenvalue weighted by Gasteiger charge is -2.28. The molecule has 1 aliphatic heterocycles. The molecule has 0 unspecified atom stereocenters. The summed E-state index contributed by atoms with van der Waals surface area (Å²) >= 11 is 0. The Balaban J connectivity index is 1.45. The summed E-state index contributed by atoms with van der Waals surface area (Å²) in [7, 11) is 0. The van der Waals surface area contributed by atoms with Crippen molar-refractivity contribution < 1.29 is 32.2 Å². The minimum atomic E-state index is -4.67. The molecule has 0 atom stereocenters. The van der Waals surface area contributed by atoms with Crippen LogP contribution in [0.25, 0.3) is 11.1 Å². The van der Waals surface area contributed by atoms with Gasteiger partial charge in [-0.05, 0) is 99.5 Å². The maximum Gasteiger partial charge on any atom is 0.433 e. The van der Waals surface area contributed by atoms with Gasteiger partial charge >= 0.3 is 12.3 Å². The van der Waals surface area contributed by atoms with Crippen molar-refractivity contribution in [3.05, 3.63) is 71.2 Å². The average Bonchev–Trinajstić information content (AvgIpc) is 3.75. The second kappa shape index (κ2) is 12.4. The molecule has 0 bridgehead atoms. The van der Waals surface area contributed by atoms with Gasteiger partial charge in [0.15, 0.2) is 0 Å². The number of ether oxygens (including phenoxy) is 2. The number of anilines is 2. The van der Waals surface area contributed by atoms with Gasteiger partial charge in [-0.15, -0.1) is 0 Å². The van der Waals surface area contributed by atoms with Gasteiger partial charge in [0.2, 0.25) is 0 Å². The summed E-state index contributed by atoms with van der Waals surface area (Å²) in [5, 5.41) is 5.58. The zero-order chi connectivity index (χ0) is 32.4. The van der Waals surface area contributed by atoms with E-state index >= 15 is 0 Å². The number of morpholine rings is 1. The molecule has 2 fully saturated rings. The van der Waals surface area contributed by atoms with Crippen molar-refractivity contribution >= 4 is 23.5 Å². The Morgan fingerprint density at radius 3 is 2.44 bits per heavy atom. The van der Waals surface area contributed by atoms with Crippen molar-refractivity contribution in [2.24, 2.45) is 0 Å². The van der Waals surface area contributed by atoms with Gasteiger partial charge in [0.1, 0.15) is 28.3 Å². The Bertz CT molecular complexity index is 1660. The van der Waals surface area contributed by atoms with Crippen LogP contribution in [0.15, 0.2) is 48.7 Å². The molecule has 3 aromatic rings. The van der Waals surface area contributed by atoms with Crippen LogP contribution in [0.4, 0.5) is 29.5 Å². The van der Waals surface area contributed by atoms with Crippen LogP contribution in [-0.2, 0) is 15.7 Å². The highest BCUT2D eigenvalue weighted by atomic mass is 19.4. The van der Waals surface area contributed by atoms with Crippen molar-refractivity contribution in [1.29, 1.82) is 0 Å². The number of nitrogens with zero attached hydrogens (tertiary/aromatic N) is 3. The quantitative estimate of drug-likeness (QED) is 0.339. The van der Waals surface area contributed by atoms with E-state index in [1.54, 1.807) is 32.9 Å². The minimum absolute atomic E-state index is 0.162. The highest BCUT2D eigenvalue weighted by molar-refractivity contribution is 6.04. The van der Waals surface area contributed by atoms with E-state index in [2.05, 4.69) is 32.4 Å². The number of pyridine rings is 2. The van der Waals surface area contributed by atoms with Gasteiger partial charge in [0, 0.05) is 30.5 Å². The fraction of sp³-hybridized carbons (Fsp3) is 0.394. The van der Waals surface area contributed by atoms with E-state index in [1.165, 1.54) is 6.07 Å². The van der Waals surface area contributed by atoms with E-state index in [0.717, 1.165) is 29.0 Å². The third-order valence-electron chi connectivity index (χ3n) is 7.19. The van der Waals surface area contributed by atoms with Crippen LogP contribution in [0.1, 0.15) is 60.9 Å². The summed E-state index contributed by atoms with van der Waals surface area (Å²) in [5.41, 5.74) is 0.756. The molecule has 2 aromatic heterocycles. The third-order valence-corrected chi connectivity index (χ3v) is 7.19. The van der Waals surface area contributed by atoms with Gasteiger partial charge in [0.25, 0.3) is 5.91 Å². The molecule has 0 radical (unpaired) electrons. The van der Waals surface area contributed by atoms with Crippen molar-refractivity contribution in [2.75, 3.05) is 36.5 Å². The number of hydrogen-bond acceptors (Lipinski definition) is 7.